The number of nitrogens with zero attached hydrogens (tertiary/aromatic N) is 2. The molecule has 4 aromatic rings. The lowest BCUT2D eigenvalue weighted by atomic mass is 10.0. The Bertz CT molecular complexity index is 1740. The van der Waals surface area contributed by atoms with Gasteiger partial charge in [0.25, 0.3) is 10.0 Å². The molecule has 0 unspecified atom stereocenters. The number of ether oxygens (including phenoxy) is 1. The van der Waals surface area contributed by atoms with E-state index in [1.807, 2.05) is 57.4 Å². The Hall–Kier alpha value is -3.99. The zero-order chi connectivity index (χ0) is 34.7. The van der Waals surface area contributed by atoms with Crippen LogP contribution in [0.25, 0.3) is 0 Å². The molecule has 0 aliphatic carbocycles. The topological polar surface area (TPSA) is 96.0 Å². The Balaban J connectivity index is 1.80. The number of halogens is 1. The maximum atomic E-state index is 14.6. The first-order valence-electron chi connectivity index (χ1n) is 15.8. The Morgan fingerprint density at radius 1 is 0.875 bits per heavy atom. The van der Waals surface area contributed by atoms with Crippen molar-refractivity contribution in [2.75, 3.05) is 23.7 Å². The molecular weight excluding hydrogens is 666 g/mol. The van der Waals surface area contributed by atoms with E-state index in [1.54, 1.807) is 60.7 Å². The van der Waals surface area contributed by atoms with Gasteiger partial charge >= 0.3 is 0 Å². The summed E-state index contributed by atoms with van der Waals surface area (Å²) in [4.78, 5) is 31.0. The van der Waals surface area contributed by atoms with Gasteiger partial charge < -0.3 is 15.0 Å². The van der Waals surface area contributed by atoms with Gasteiger partial charge in [-0.3, -0.25) is 13.9 Å². The molecule has 0 bridgehead atoms. The average Bonchev–Trinajstić information content (AvgIpc) is 3.10. The van der Waals surface area contributed by atoms with Crippen molar-refractivity contribution in [2.24, 2.45) is 0 Å². The highest BCUT2D eigenvalue weighted by atomic mass is 35.5. The van der Waals surface area contributed by atoms with Crippen LogP contribution >= 0.6 is 23.4 Å². The minimum atomic E-state index is -4.22. The number of thioether (sulfide) groups is 1. The summed E-state index contributed by atoms with van der Waals surface area (Å²) in [6.07, 6.45) is 2.84. The highest BCUT2D eigenvalue weighted by Crippen LogP contribution is 2.28. The van der Waals surface area contributed by atoms with Gasteiger partial charge in [-0.1, -0.05) is 61.0 Å². The molecule has 0 aliphatic heterocycles. The molecule has 0 saturated heterocycles. The predicted octanol–water partition coefficient (Wildman–Crippen LogP) is 7.21. The molecule has 4 aromatic carbocycles. The molecule has 0 fully saturated rings. The van der Waals surface area contributed by atoms with Gasteiger partial charge in [0, 0.05) is 28.9 Å². The van der Waals surface area contributed by atoms with Gasteiger partial charge in [0.1, 0.15) is 18.3 Å². The molecule has 2 atom stereocenters. The Labute approximate surface area is 293 Å². The second-order valence-electron chi connectivity index (χ2n) is 11.3. The molecular formula is C37H42ClN3O5S2. The number of benzene rings is 4. The van der Waals surface area contributed by atoms with Crippen molar-refractivity contribution in [3.05, 3.63) is 119 Å². The van der Waals surface area contributed by atoms with Crippen LogP contribution < -0.4 is 14.4 Å². The summed E-state index contributed by atoms with van der Waals surface area (Å²) in [6, 6.07) is 28.6. The third kappa shape index (κ3) is 9.78. The van der Waals surface area contributed by atoms with Crippen molar-refractivity contribution >= 4 is 50.9 Å². The van der Waals surface area contributed by atoms with Crippen LogP contribution in [0.1, 0.15) is 38.3 Å². The van der Waals surface area contributed by atoms with Crippen molar-refractivity contribution in [1.82, 2.24) is 10.2 Å². The lowest BCUT2D eigenvalue weighted by molar-refractivity contribution is -0.140. The molecule has 254 valence electrons. The van der Waals surface area contributed by atoms with Crippen LogP contribution in [0.3, 0.4) is 0 Å². The quantitative estimate of drug-likeness (QED) is 0.124. The van der Waals surface area contributed by atoms with E-state index in [0.717, 1.165) is 20.3 Å². The first-order chi connectivity index (χ1) is 23.0. The van der Waals surface area contributed by atoms with E-state index in [9.17, 15) is 18.0 Å². The highest BCUT2D eigenvalue weighted by molar-refractivity contribution is 7.98. The van der Waals surface area contributed by atoms with E-state index in [4.69, 9.17) is 16.3 Å². The van der Waals surface area contributed by atoms with Gasteiger partial charge in [-0.25, -0.2) is 8.42 Å². The van der Waals surface area contributed by atoms with Crippen LogP contribution in [0.5, 0.6) is 5.75 Å². The Kier molecular flexibility index (Phi) is 13.4. The molecule has 0 spiro atoms. The number of hydrogen-bond donors (Lipinski definition) is 1. The number of hydrogen-bond acceptors (Lipinski definition) is 6. The van der Waals surface area contributed by atoms with Crippen LogP contribution in [-0.4, -0.2) is 56.6 Å². The third-order valence-electron chi connectivity index (χ3n) is 7.90. The average molecular weight is 708 g/mol. The highest BCUT2D eigenvalue weighted by Gasteiger charge is 2.35. The first-order valence-corrected chi connectivity index (χ1v) is 18.9. The van der Waals surface area contributed by atoms with Gasteiger partial charge in [-0.05, 0) is 98.3 Å². The van der Waals surface area contributed by atoms with Crippen LogP contribution in [0.2, 0.25) is 5.02 Å². The number of nitrogens with one attached hydrogen (secondary N) is 1. The lowest BCUT2D eigenvalue weighted by Gasteiger charge is -2.34. The first kappa shape index (κ1) is 36.8. The summed E-state index contributed by atoms with van der Waals surface area (Å²) in [5, 5.41) is 3.58. The number of rotatable bonds is 16. The molecule has 1 N–H and O–H groups in total. The minimum absolute atomic E-state index is 0.0431. The number of carbonyl (C=O) groups is 2. The van der Waals surface area contributed by atoms with Crippen molar-refractivity contribution in [2.45, 2.75) is 62.0 Å². The maximum absolute atomic E-state index is 14.6. The van der Waals surface area contributed by atoms with Crippen molar-refractivity contribution in [3.8, 4) is 5.75 Å². The van der Waals surface area contributed by atoms with Gasteiger partial charge in [0.05, 0.1) is 17.2 Å². The largest absolute Gasteiger partial charge is 0.494 e. The normalized spacial score (nSPS) is 12.5. The number of anilines is 1. The Morgan fingerprint density at radius 3 is 2.10 bits per heavy atom. The monoisotopic (exact) mass is 707 g/mol. The van der Waals surface area contributed by atoms with Gasteiger partial charge in [0.2, 0.25) is 11.8 Å². The molecule has 2 amide bonds. The van der Waals surface area contributed by atoms with E-state index in [2.05, 4.69) is 5.32 Å². The third-order valence-corrected chi connectivity index (χ3v) is 10.7. The fourth-order valence-corrected chi connectivity index (χ4v) is 7.01. The molecule has 4 rings (SSSR count). The second-order valence-corrected chi connectivity index (χ2v) is 14.5. The van der Waals surface area contributed by atoms with Crippen LogP contribution in [0.4, 0.5) is 5.69 Å². The summed E-state index contributed by atoms with van der Waals surface area (Å²) < 4.78 is 35.3. The van der Waals surface area contributed by atoms with Crippen molar-refractivity contribution in [1.29, 1.82) is 0 Å². The summed E-state index contributed by atoms with van der Waals surface area (Å²) in [5.74, 6) is -0.287. The molecule has 0 radical (unpaired) electrons. The summed E-state index contributed by atoms with van der Waals surface area (Å²) >= 11 is 7.67. The van der Waals surface area contributed by atoms with E-state index < -0.39 is 28.5 Å². The van der Waals surface area contributed by atoms with Crippen molar-refractivity contribution in [3.63, 3.8) is 0 Å². The zero-order valence-electron chi connectivity index (χ0n) is 27.6. The summed E-state index contributed by atoms with van der Waals surface area (Å²) in [5.41, 5.74) is 1.89. The molecule has 0 aliphatic rings. The standard InChI is InChI=1S/C37H42ClN3O5S2/c1-5-27(3)39-37(43)35(24-28-10-8-7-9-11-28)40(25-29-12-14-30(38)15-13-29)36(42)26-41(31-16-18-32(19-17-31)46-6-2)48(44,45)34-22-20-33(47-4)21-23-34/h7-23,27,35H,5-6,24-26H2,1-4H3,(H,39,43)/t27-,35+/m1/s1. The van der Waals surface area contributed by atoms with Crippen LogP contribution in [0.15, 0.2) is 113 Å². The summed E-state index contributed by atoms with van der Waals surface area (Å²) in [6.45, 7) is 5.70. The summed E-state index contributed by atoms with van der Waals surface area (Å²) in [7, 11) is -4.22. The Morgan fingerprint density at radius 2 is 1.52 bits per heavy atom. The number of amides is 2. The number of carbonyl (C=O) groups excluding carboxylic acids is 2. The fourth-order valence-electron chi connectivity index (χ4n) is 5.06. The minimum Gasteiger partial charge on any atom is -0.494 e. The van der Waals surface area contributed by atoms with Crippen LogP contribution in [-0.2, 0) is 32.6 Å². The fraction of sp³-hybridized carbons (Fsp3) is 0.297. The number of sulfonamides is 1. The molecule has 0 aromatic heterocycles. The predicted molar refractivity (Wildman–Crippen MR) is 194 cm³/mol. The molecule has 8 nitrogen and oxygen atoms in total. The van der Waals surface area contributed by atoms with E-state index in [0.29, 0.717) is 23.8 Å². The smallest absolute Gasteiger partial charge is 0.264 e. The molecule has 0 saturated carbocycles. The van der Waals surface area contributed by atoms with Crippen LogP contribution in [0, 0.1) is 0 Å². The van der Waals surface area contributed by atoms with Gasteiger partial charge in [0.15, 0.2) is 0 Å². The van der Waals surface area contributed by atoms with E-state index >= 15 is 0 Å². The molecule has 48 heavy (non-hydrogen) atoms. The maximum Gasteiger partial charge on any atom is 0.264 e. The second kappa shape index (κ2) is 17.4. The van der Waals surface area contributed by atoms with Crippen molar-refractivity contribution < 1.29 is 22.7 Å². The van der Waals surface area contributed by atoms with E-state index in [1.165, 1.54) is 28.8 Å². The lowest BCUT2D eigenvalue weighted by Crippen LogP contribution is -2.54. The van der Waals surface area contributed by atoms with E-state index in [-0.39, 0.29) is 35.5 Å². The SMILES string of the molecule is CCOc1ccc(N(CC(=O)N(Cc2ccc(Cl)cc2)[C@@H](Cc2ccccc2)C(=O)N[C@H](C)CC)S(=O)(=O)c2ccc(SC)cc2)cc1. The molecule has 0 heterocycles. The zero-order valence-corrected chi connectivity index (χ0v) is 30.0. The molecule has 11 heteroatoms. The van der Waals surface area contributed by atoms with Gasteiger partial charge in [-0.15, -0.1) is 11.8 Å². The van der Waals surface area contributed by atoms with Gasteiger partial charge in [-0.2, -0.15) is 0 Å².